The van der Waals surface area contributed by atoms with Crippen LogP contribution in [0, 0.1) is 5.82 Å². The Morgan fingerprint density at radius 1 is 1.04 bits per heavy atom. The molecule has 3 N–H and O–H groups in total. The van der Waals surface area contributed by atoms with Crippen LogP contribution >= 0.6 is 11.6 Å². The van der Waals surface area contributed by atoms with Crippen molar-refractivity contribution in [2.24, 2.45) is 0 Å². The summed E-state index contributed by atoms with van der Waals surface area (Å²) in [5.41, 5.74) is 1.49. The van der Waals surface area contributed by atoms with Crippen molar-refractivity contribution >= 4 is 23.2 Å². The maximum atomic E-state index is 13.7. The second kappa shape index (κ2) is 8.43. The number of nitrogens with one attached hydrogen (secondary N) is 3. The van der Waals surface area contributed by atoms with Gasteiger partial charge in [0.15, 0.2) is 6.54 Å². The van der Waals surface area contributed by atoms with Gasteiger partial charge in [0.1, 0.15) is 38.5 Å². The summed E-state index contributed by atoms with van der Waals surface area (Å²) in [5, 5.41) is 3.03. The average molecular weight is 364 g/mol. The highest BCUT2D eigenvalue weighted by molar-refractivity contribution is 6.30. The van der Waals surface area contributed by atoms with Gasteiger partial charge in [0.25, 0.3) is 5.91 Å². The van der Waals surface area contributed by atoms with Crippen molar-refractivity contribution < 1.29 is 19.0 Å². The SMILES string of the molecule is O=C(C[NH+]1CC[NH+](Cc2ccccc2)CC1)Nc1cc(Cl)ccc1F. The van der Waals surface area contributed by atoms with E-state index in [1.165, 1.54) is 33.6 Å². The van der Waals surface area contributed by atoms with Crippen LogP contribution in [0.5, 0.6) is 0 Å². The minimum absolute atomic E-state index is 0.144. The van der Waals surface area contributed by atoms with E-state index in [-0.39, 0.29) is 11.6 Å². The topological polar surface area (TPSA) is 38.0 Å². The van der Waals surface area contributed by atoms with Gasteiger partial charge in [0, 0.05) is 10.6 Å². The van der Waals surface area contributed by atoms with E-state index in [1.807, 2.05) is 6.07 Å². The summed E-state index contributed by atoms with van der Waals surface area (Å²) >= 11 is 5.85. The van der Waals surface area contributed by atoms with Gasteiger partial charge in [-0.1, -0.05) is 41.9 Å². The van der Waals surface area contributed by atoms with E-state index in [2.05, 4.69) is 29.6 Å². The summed E-state index contributed by atoms with van der Waals surface area (Å²) in [6.45, 7) is 5.31. The van der Waals surface area contributed by atoms with Crippen LogP contribution in [-0.2, 0) is 11.3 Å². The van der Waals surface area contributed by atoms with Gasteiger partial charge in [-0.15, -0.1) is 0 Å². The van der Waals surface area contributed by atoms with Crippen LogP contribution in [0.4, 0.5) is 10.1 Å². The highest BCUT2D eigenvalue weighted by atomic mass is 35.5. The summed E-state index contributed by atoms with van der Waals surface area (Å²) < 4.78 is 13.7. The van der Waals surface area contributed by atoms with Crippen LogP contribution < -0.4 is 15.1 Å². The van der Waals surface area contributed by atoms with Crippen LogP contribution in [0.15, 0.2) is 48.5 Å². The predicted octanol–water partition coefficient (Wildman–Crippen LogP) is 0.401. The molecule has 1 aliphatic heterocycles. The molecule has 3 rings (SSSR count). The third-order valence-corrected chi connectivity index (χ3v) is 4.81. The van der Waals surface area contributed by atoms with E-state index < -0.39 is 5.82 Å². The first-order chi connectivity index (χ1) is 12.1. The summed E-state index contributed by atoms with van der Waals surface area (Å²) in [6, 6.07) is 14.6. The smallest absolute Gasteiger partial charge is 0.279 e. The molecule has 6 heteroatoms. The Labute approximate surface area is 152 Å². The second-order valence-corrected chi connectivity index (χ2v) is 6.95. The summed E-state index contributed by atoms with van der Waals surface area (Å²) in [5.74, 6) is -0.646. The average Bonchev–Trinajstić information content (AvgIpc) is 2.61. The van der Waals surface area contributed by atoms with Gasteiger partial charge < -0.3 is 15.1 Å². The maximum Gasteiger partial charge on any atom is 0.279 e. The number of hydrogen-bond donors (Lipinski definition) is 3. The Balaban J connectivity index is 1.45. The fourth-order valence-corrected chi connectivity index (χ4v) is 3.38. The summed E-state index contributed by atoms with van der Waals surface area (Å²) in [4.78, 5) is 14.9. The molecule has 2 aromatic carbocycles. The number of benzene rings is 2. The zero-order chi connectivity index (χ0) is 17.6. The minimum Gasteiger partial charge on any atom is -0.322 e. The molecule has 1 heterocycles. The number of carbonyl (C=O) groups is 1. The third kappa shape index (κ3) is 5.26. The fourth-order valence-electron chi connectivity index (χ4n) is 3.21. The fraction of sp³-hybridized carbons (Fsp3) is 0.316. The Morgan fingerprint density at radius 3 is 2.44 bits per heavy atom. The van der Waals surface area contributed by atoms with E-state index in [0.717, 1.165) is 32.7 Å². The summed E-state index contributed by atoms with van der Waals surface area (Å²) in [6.07, 6.45) is 0. The molecule has 0 bridgehead atoms. The van der Waals surface area contributed by atoms with Crippen molar-refractivity contribution in [3.63, 3.8) is 0 Å². The summed E-state index contributed by atoms with van der Waals surface area (Å²) in [7, 11) is 0. The van der Waals surface area contributed by atoms with Gasteiger partial charge in [-0.05, 0) is 18.2 Å². The molecule has 0 radical (unpaired) electrons. The van der Waals surface area contributed by atoms with Crippen LogP contribution in [-0.4, -0.2) is 38.6 Å². The van der Waals surface area contributed by atoms with E-state index in [9.17, 15) is 9.18 Å². The first kappa shape index (κ1) is 17.9. The first-order valence-corrected chi connectivity index (χ1v) is 8.94. The second-order valence-electron chi connectivity index (χ2n) is 6.51. The lowest BCUT2D eigenvalue weighted by molar-refractivity contribution is -1.02. The van der Waals surface area contributed by atoms with E-state index in [1.54, 1.807) is 0 Å². The normalized spacial score (nSPS) is 20.2. The number of hydrogen-bond acceptors (Lipinski definition) is 1. The highest BCUT2D eigenvalue weighted by Crippen LogP contribution is 2.19. The molecule has 25 heavy (non-hydrogen) atoms. The molecule has 1 saturated heterocycles. The largest absolute Gasteiger partial charge is 0.322 e. The van der Waals surface area contributed by atoms with Crippen LogP contribution in [0.2, 0.25) is 5.02 Å². The quantitative estimate of drug-likeness (QED) is 0.707. The number of carbonyl (C=O) groups excluding carboxylic acids is 1. The highest BCUT2D eigenvalue weighted by Gasteiger charge is 2.25. The van der Waals surface area contributed by atoms with Gasteiger partial charge >= 0.3 is 0 Å². The molecule has 4 nitrogen and oxygen atoms in total. The maximum absolute atomic E-state index is 13.7. The zero-order valence-electron chi connectivity index (χ0n) is 14.0. The zero-order valence-corrected chi connectivity index (χ0v) is 14.8. The molecule has 0 aliphatic carbocycles. The molecule has 0 unspecified atom stereocenters. The molecule has 0 aromatic heterocycles. The molecule has 2 aromatic rings. The van der Waals surface area contributed by atoms with Crippen molar-refractivity contribution in [1.29, 1.82) is 0 Å². The van der Waals surface area contributed by atoms with Gasteiger partial charge in [0.2, 0.25) is 0 Å². The Hall–Kier alpha value is -1.95. The third-order valence-electron chi connectivity index (χ3n) is 4.57. The molecule has 1 amide bonds. The van der Waals surface area contributed by atoms with Crippen LogP contribution in [0.3, 0.4) is 0 Å². The van der Waals surface area contributed by atoms with E-state index >= 15 is 0 Å². The van der Waals surface area contributed by atoms with E-state index in [0.29, 0.717) is 11.6 Å². The lowest BCUT2D eigenvalue weighted by Gasteiger charge is -2.29. The van der Waals surface area contributed by atoms with Crippen molar-refractivity contribution in [2.45, 2.75) is 6.54 Å². The Morgan fingerprint density at radius 2 is 1.72 bits per heavy atom. The molecule has 0 saturated carbocycles. The van der Waals surface area contributed by atoms with Gasteiger partial charge in [0.05, 0.1) is 5.69 Å². The number of piperazine rings is 1. The van der Waals surface area contributed by atoms with Crippen molar-refractivity contribution in [1.82, 2.24) is 0 Å². The van der Waals surface area contributed by atoms with Gasteiger partial charge in [-0.3, -0.25) is 4.79 Å². The van der Waals surface area contributed by atoms with Crippen LogP contribution in [0.25, 0.3) is 0 Å². The minimum atomic E-state index is -0.468. The number of quaternary nitrogens is 2. The molecule has 0 spiro atoms. The molecular formula is C19H23ClFN3O+2. The number of rotatable bonds is 5. The molecule has 1 fully saturated rings. The first-order valence-electron chi connectivity index (χ1n) is 8.56. The monoisotopic (exact) mass is 363 g/mol. The number of halogens is 2. The van der Waals surface area contributed by atoms with Crippen molar-refractivity contribution in [3.05, 3.63) is 64.9 Å². The van der Waals surface area contributed by atoms with Gasteiger partial charge in [-0.2, -0.15) is 0 Å². The molecule has 1 aliphatic rings. The van der Waals surface area contributed by atoms with Crippen molar-refractivity contribution in [3.8, 4) is 0 Å². The van der Waals surface area contributed by atoms with Gasteiger partial charge in [-0.25, -0.2) is 4.39 Å². The predicted molar refractivity (Wildman–Crippen MR) is 96.4 cm³/mol. The van der Waals surface area contributed by atoms with Crippen LogP contribution in [0.1, 0.15) is 5.56 Å². The lowest BCUT2D eigenvalue weighted by atomic mass is 10.2. The number of amides is 1. The molecule has 132 valence electrons. The standard InChI is InChI=1S/C19H21ClFN3O/c20-16-6-7-17(21)18(12-16)22-19(25)14-24-10-8-23(9-11-24)13-15-4-2-1-3-5-15/h1-7,12H,8-11,13-14H2,(H,22,25)/p+2. The van der Waals surface area contributed by atoms with Crippen molar-refractivity contribution in [2.75, 3.05) is 38.0 Å². The number of anilines is 1. The van der Waals surface area contributed by atoms with E-state index in [4.69, 9.17) is 11.6 Å². The lowest BCUT2D eigenvalue weighted by Crippen LogP contribution is -3.28. The Bertz CT molecular complexity index is 718. The molecular weight excluding hydrogens is 341 g/mol. The molecule has 0 atom stereocenters. The Kier molecular flexibility index (Phi) is 6.02.